The van der Waals surface area contributed by atoms with E-state index in [9.17, 15) is 0 Å². The Bertz CT molecular complexity index is 403. The van der Waals surface area contributed by atoms with E-state index in [2.05, 4.69) is 38.1 Å². The Morgan fingerprint density at radius 1 is 0.684 bits per heavy atom. The number of hydrogen-bond donors (Lipinski definition) is 4. The predicted octanol–water partition coefficient (Wildman–Crippen LogP) is 3.93. The lowest BCUT2D eigenvalue weighted by atomic mass is 10.0. The highest BCUT2D eigenvalue weighted by atomic mass is 17.0. The van der Waals surface area contributed by atoms with Gasteiger partial charge in [-0.05, 0) is 35.7 Å². The molecular weight excluding hydrogens is 244 g/mol. The average molecular weight is 264 g/mol. The van der Waals surface area contributed by atoms with Crippen molar-refractivity contribution in [1.82, 2.24) is 0 Å². The van der Waals surface area contributed by atoms with Crippen LogP contribution in [0.2, 0.25) is 0 Å². The van der Waals surface area contributed by atoms with Crippen molar-refractivity contribution in [1.29, 1.82) is 0 Å². The third-order valence-corrected chi connectivity index (χ3v) is 2.32. The molecule has 0 aliphatic rings. The van der Waals surface area contributed by atoms with Crippen LogP contribution in [0.3, 0.4) is 0 Å². The van der Waals surface area contributed by atoms with Crippen LogP contribution in [0.1, 0.15) is 25.3 Å². The maximum absolute atomic E-state index is 8.65. The quantitative estimate of drug-likeness (QED) is 0.357. The van der Waals surface area contributed by atoms with Gasteiger partial charge in [0, 0.05) is 0 Å². The Labute approximate surface area is 113 Å². The van der Waals surface area contributed by atoms with Crippen LogP contribution in [0.15, 0.2) is 54.6 Å². The van der Waals surface area contributed by atoms with Crippen molar-refractivity contribution in [3.8, 4) is 11.5 Å². The minimum absolute atomic E-state index is 0.169. The molecule has 4 nitrogen and oxygen atoms in total. The van der Waals surface area contributed by atoms with Gasteiger partial charge in [-0.3, -0.25) is 10.5 Å². The highest BCUT2D eigenvalue weighted by molar-refractivity contribution is 5.28. The first kappa shape index (κ1) is 17.0. The average Bonchev–Trinajstić information content (AvgIpc) is 2.46. The number of hydrogen-bond acceptors (Lipinski definition) is 4. The monoisotopic (exact) mass is 264 g/mol. The summed E-state index contributed by atoms with van der Waals surface area (Å²) >= 11 is 0. The van der Waals surface area contributed by atoms with Gasteiger partial charge in [0.2, 0.25) is 0 Å². The Kier molecular flexibility index (Phi) is 8.87. The number of phenols is 2. The summed E-state index contributed by atoms with van der Waals surface area (Å²) in [6, 6.07) is 16.2. The van der Waals surface area contributed by atoms with Crippen LogP contribution in [0.5, 0.6) is 11.5 Å². The molecule has 104 valence electrons. The molecule has 0 radical (unpaired) electrons. The van der Waals surface area contributed by atoms with Gasteiger partial charge in [0.1, 0.15) is 11.5 Å². The molecule has 0 aliphatic carbocycles. The first-order valence-corrected chi connectivity index (χ1v) is 5.82. The molecule has 0 aromatic heterocycles. The molecule has 0 unspecified atom stereocenters. The van der Waals surface area contributed by atoms with Crippen LogP contribution < -0.4 is 0 Å². The molecule has 4 heteroatoms. The fraction of sp³-hybridized carbons (Fsp3) is 0.200. The van der Waals surface area contributed by atoms with Crippen molar-refractivity contribution in [2.24, 2.45) is 0 Å². The van der Waals surface area contributed by atoms with Crippen LogP contribution in [-0.4, -0.2) is 20.7 Å². The Balaban J connectivity index is 0.000000303. The number of aromatic hydroxyl groups is 2. The van der Waals surface area contributed by atoms with Gasteiger partial charge in [-0.1, -0.05) is 44.2 Å². The molecule has 2 rings (SSSR count). The molecule has 0 aliphatic heterocycles. The van der Waals surface area contributed by atoms with Gasteiger partial charge in [-0.15, -0.1) is 0 Å². The molecule has 0 saturated carbocycles. The molecule has 2 aromatic rings. The van der Waals surface area contributed by atoms with Gasteiger partial charge in [-0.2, -0.15) is 0 Å². The topological polar surface area (TPSA) is 80.9 Å². The summed E-state index contributed by atoms with van der Waals surface area (Å²) in [4.78, 5) is 0. The molecule has 0 atom stereocenters. The van der Waals surface area contributed by atoms with Crippen molar-refractivity contribution in [3.63, 3.8) is 0 Å². The van der Waals surface area contributed by atoms with Crippen LogP contribution >= 0.6 is 0 Å². The Morgan fingerprint density at radius 2 is 1.05 bits per heavy atom. The van der Waals surface area contributed by atoms with E-state index in [0.717, 1.165) is 0 Å². The summed E-state index contributed by atoms with van der Waals surface area (Å²) < 4.78 is 0. The van der Waals surface area contributed by atoms with E-state index in [1.54, 1.807) is 0 Å². The van der Waals surface area contributed by atoms with Crippen LogP contribution in [0.25, 0.3) is 0 Å². The largest absolute Gasteiger partial charge is 0.508 e. The molecule has 0 bridgehead atoms. The normalized spacial score (nSPS) is 8.89. The van der Waals surface area contributed by atoms with Crippen molar-refractivity contribution in [3.05, 3.63) is 60.2 Å². The molecule has 4 N–H and O–H groups in total. The van der Waals surface area contributed by atoms with Crippen molar-refractivity contribution in [2.45, 2.75) is 19.8 Å². The fourth-order valence-electron chi connectivity index (χ4n) is 1.29. The highest BCUT2D eigenvalue weighted by Gasteiger charge is 1.93. The third kappa shape index (κ3) is 7.81. The van der Waals surface area contributed by atoms with Crippen LogP contribution in [-0.2, 0) is 0 Å². The van der Waals surface area contributed by atoms with Crippen LogP contribution in [0.4, 0.5) is 0 Å². The lowest BCUT2D eigenvalue weighted by Gasteiger charge is -2.01. The molecule has 0 fully saturated rings. The summed E-state index contributed by atoms with van der Waals surface area (Å²) in [5.41, 5.74) is 1.41. The second kappa shape index (κ2) is 9.94. The van der Waals surface area contributed by atoms with Crippen molar-refractivity contribution < 1.29 is 20.7 Å². The van der Waals surface area contributed by atoms with E-state index in [-0.39, 0.29) is 11.5 Å². The second-order valence-corrected chi connectivity index (χ2v) is 4.08. The van der Waals surface area contributed by atoms with Crippen molar-refractivity contribution >= 4 is 0 Å². The molecule has 0 amide bonds. The molecule has 2 aromatic carbocycles. The fourth-order valence-corrected chi connectivity index (χ4v) is 1.29. The second-order valence-electron chi connectivity index (χ2n) is 4.08. The van der Waals surface area contributed by atoms with E-state index in [1.165, 1.54) is 29.8 Å². The molecule has 0 heterocycles. The maximum atomic E-state index is 8.65. The van der Waals surface area contributed by atoms with Gasteiger partial charge >= 0.3 is 0 Å². The SMILES string of the molecule is CC(C)c1ccccc1.OO.Oc1ccc(O)cc1. The summed E-state index contributed by atoms with van der Waals surface area (Å²) in [5.74, 6) is 0.997. The first-order valence-electron chi connectivity index (χ1n) is 5.82. The summed E-state index contributed by atoms with van der Waals surface area (Å²) in [7, 11) is 0. The van der Waals surface area contributed by atoms with E-state index >= 15 is 0 Å². The lowest BCUT2D eigenvalue weighted by Crippen LogP contribution is -1.83. The zero-order chi connectivity index (χ0) is 14.7. The van der Waals surface area contributed by atoms with Crippen LogP contribution in [0, 0.1) is 0 Å². The van der Waals surface area contributed by atoms with Gasteiger partial charge in [0.05, 0.1) is 0 Å². The number of benzene rings is 2. The Hall–Kier alpha value is -2.04. The molecule has 0 spiro atoms. The van der Waals surface area contributed by atoms with Gasteiger partial charge in [0.15, 0.2) is 0 Å². The summed E-state index contributed by atoms with van der Waals surface area (Å²) in [6.07, 6.45) is 0. The number of phenolic OH excluding ortho intramolecular Hbond substituents is 2. The zero-order valence-electron chi connectivity index (χ0n) is 11.1. The zero-order valence-corrected chi connectivity index (χ0v) is 11.1. The van der Waals surface area contributed by atoms with E-state index < -0.39 is 0 Å². The van der Waals surface area contributed by atoms with Gasteiger partial charge < -0.3 is 10.2 Å². The lowest BCUT2D eigenvalue weighted by molar-refractivity contribution is -0.176. The minimum atomic E-state index is 0.169. The highest BCUT2D eigenvalue weighted by Crippen LogP contribution is 2.13. The predicted molar refractivity (Wildman–Crippen MR) is 75.6 cm³/mol. The third-order valence-electron chi connectivity index (χ3n) is 2.32. The first-order chi connectivity index (χ1) is 9.09. The molecule has 0 saturated heterocycles. The standard InChI is InChI=1S/C9H12.C6H6O2.H2O2/c1-8(2)9-6-4-3-5-7-9;7-5-1-2-6(8)4-3-5;1-2/h3-8H,1-2H3;1-4,7-8H;1-2H. The van der Waals surface area contributed by atoms with E-state index in [4.69, 9.17) is 20.7 Å². The van der Waals surface area contributed by atoms with E-state index in [1.807, 2.05) is 6.07 Å². The van der Waals surface area contributed by atoms with E-state index in [0.29, 0.717) is 5.92 Å². The minimum Gasteiger partial charge on any atom is -0.508 e. The summed E-state index contributed by atoms with van der Waals surface area (Å²) in [6.45, 7) is 4.41. The smallest absolute Gasteiger partial charge is 0.115 e. The van der Waals surface area contributed by atoms with Gasteiger partial charge in [0.25, 0.3) is 0 Å². The maximum Gasteiger partial charge on any atom is 0.115 e. The molecule has 19 heavy (non-hydrogen) atoms. The number of rotatable bonds is 1. The van der Waals surface area contributed by atoms with Crippen molar-refractivity contribution in [2.75, 3.05) is 0 Å². The van der Waals surface area contributed by atoms with Gasteiger partial charge in [-0.25, -0.2) is 0 Å². The molecular formula is C15H20O4. The summed E-state index contributed by atoms with van der Waals surface area (Å²) in [5, 5.41) is 29.3. The Morgan fingerprint density at radius 3 is 1.32 bits per heavy atom.